The Morgan fingerprint density at radius 2 is 2.13 bits per heavy atom. The van der Waals surface area contributed by atoms with Gasteiger partial charge in [-0.2, -0.15) is 0 Å². The molecule has 0 fully saturated rings. The van der Waals surface area contributed by atoms with Gasteiger partial charge in [0.05, 0.1) is 13.5 Å². The molecule has 4 heteroatoms. The molecule has 0 heterocycles. The van der Waals surface area contributed by atoms with Crippen molar-refractivity contribution in [2.45, 2.75) is 13.3 Å². The molecule has 3 nitrogen and oxygen atoms in total. The third-order valence-corrected chi connectivity index (χ3v) is 2.03. The van der Waals surface area contributed by atoms with Crippen LogP contribution in [0.2, 0.25) is 0 Å². The molecule has 1 aromatic carbocycles. The van der Waals surface area contributed by atoms with Crippen LogP contribution >= 0.6 is 11.6 Å². The van der Waals surface area contributed by atoms with Crippen molar-refractivity contribution in [2.75, 3.05) is 13.0 Å². The summed E-state index contributed by atoms with van der Waals surface area (Å²) in [4.78, 5) is 11.2. The van der Waals surface area contributed by atoms with Gasteiger partial charge in [0.2, 0.25) is 0 Å². The van der Waals surface area contributed by atoms with E-state index in [-0.39, 0.29) is 18.3 Å². The lowest BCUT2D eigenvalue weighted by Crippen LogP contribution is -2.08. The number of methoxy groups -OCH3 is 1. The first-order valence-corrected chi connectivity index (χ1v) is 5.12. The molecule has 0 N–H and O–H groups in total. The molecule has 0 aliphatic heterocycles. The number of esters is 1. The van der Waals surface area contributed by atoms with Crippen LogP contribution in [0.15, 0.2) is 18.2 Å². The zero-order valence-corrected chi connectivity index (χ0v) is 9.50. The molecule has 1 rings (SSSR count). The molecule has 0 atom stereocenters. The second-order valence-corrected chi connectivity index (χ2v) is 3.45. The van der Waals surface area contributed by atoms with Crippen LogP contribution in [0.25, 0.3) is 0 Å². The van der Waals surface area contributed by atoms with Crippen LogP contribution in [0.4, 0.5) is 0 Å². The fraction of sp³-hybridized carbons (Fsp3) is 0.364. The van der Waals surface area contributed by atoms with Crippen molar-refractivity contribution in [1.29, 1.82) is 0 Å². The van der Waals surface area contributed by atoms with E-state index in [4.69, 9.17) is 21.1 Å². The number of carbonyl (C=O) groups is 1. The minimum Gasteiger partial charge on any atom is -0.493 e. The van der Waals surface area contributed by atoms with E-state index in [1.54, 1.807) is 6.07 Å². The zero-order valence-electron chi connectivity index (χ0n) is 8.75. The standard InChI is InChI=1S/C11H13ClO3/c1-8-3-4-9(10(7-8)14-2)15-11(13)5-6-12/h3-4,7H,5-6H2,1-2H3. The fourth-order valence-corrected chi connectivity index (χ4v) is 1.26. The number of alkyl halides is 1. The Labute approximate surface area is 93.9 Å². The van der Waals surface area contributed by atoms with E-state index in [9.17, 15) is 4.79 Å². The number of halogens is 1. The molecule has 0 aromatic heterocycles. The Kier molecular flexibility index (Phi) is 4.43. The Morgan fingerprint density at radius 3 is 2.73 bits per heavy atom. The normalized spacial score (nSPS) is 9.80. The number of hydrogen-bond acceptors (Lipinski definition) is 3. The number of benzene rings is 1. The first-order chi connectivity index (χ1) is 7.17. The summed E-state index contributed by atoms with van der Waals surface area (Å²) in [6.07, 6.45) is 0.193. The van der Waals surface area contributed by atoms with Crippen LogP contribution in [0.3, 0.4) is 0 Å². The lowest BCUT2D eigenvalue weighted by molar-refractivity contribution is -0.134. The number of hydrogen-bond donors (Lipinski definition) is 0. The summed E-state index contributed by atoms with van der Waals surface area (Å²) < 4.78 is 10.2. The maximum Gasteiger partial charge on any atom is 0.312 e. The lowest BCUT2D eigenvalue weighted by atomic mass is 10.2. The number of carbonyl (C=O) groups excluding carboxylic acids is 1. The van der Waals surface area contributed by atoms with Crippen molar-refractivity contribution >= 4 is 17.6 Å². The highest BCUT2D eigenvalue weighted by molar-refractivity contribution is 6.18. The second kappa shape index (κ2) is 5.61. The van der Waals surface area contributed by atoms with Gasteiger partial charge < -0.3 is 9.47 Å². The Bertz CT molecular complexity index is 350. The molecule has 0 bridgehead atoms. The predicted octanol–water partition coefficient (Wildman–Crippen LogP) is 2.54. The molecule has 0 spiro atoms. The molecule has 15 heavy (non-hydrogen) atoms. The van der Waals surface area contributed by atoms with Gasteiger partial charge in [-0.1, -0.05) is 6.07 Å². The van der Waals surface area contributed by atoms with Crippen molar-refractivity contribution in [3.05, 3.63) is 23.8 Å². The van der Waals surface area contributed by atoms with E-state index < -0.39 is 0 Å². The number of ether oxygens (including phenoxy) is 2. The van der Waals surface area contributed by atoms with E-state index in [0.717, 1.165) is 5.56 Å². The van der Waals surface area contributed by atoms with Crippen LogP contribution in [0.5, 0.6) is 11.5 Å². The van der Waals surface area contributed by atoms with Gasteiger partial charge >= 0.3 is 5.97 Å². The van der Waals surface area contributed by atoms with Crippen molar-refractivity contribution in [3.63, 3.8) is 0 Å². The molecule has 0 saturated carbocycles. The van der Waals surface area contributed by atoms with Gasteiger partial charge in [0.25, 0.3) is 0 Å². The van der Waals surface area contributed by atoms with Crippen LogP contribution in [-0.2, 0) is 4.79 Å². The van der Waals surface area contributed by atoms with E-state index >= 15 is 0 Å². The van der Waals surface area contributed by atoms with Crippen LogP contribution in [0.1, 0.15) is 12.0 Å². The molecule has 1 aromatic rings. The second-order valence-electron chi connectivity index (χ2n) is 3.07. The van der Waals surface area contributed by atoms with E-state index in [0.29, 0.717) is 11.5 Å². The van der Waals surface area contributed by atoms with Gasteiger partial charge in [-0.3, -0.25) is 4.79 Å². The molecule has 0 saturated heterocycles. The molecule has 0 aliphatic carbocycles. The number of rotatable bonds is 4. The van der Waals surface area contributed by atoms with E-state index in [1.165, 1.54) is 7.11 Å². The van der Waals surface area contributed by atoms with E-state index in [2.05, 4.69) is 0 Å². The third kappa shape index (κ3) is 3.44. The van der Waals surface area contributed by atoms with Gasteiger partial charge in [-0.15, -0.1) is 11.6 Å². The lowest BCUT2D eigenvalue weighted by Gasteiger charge is -2.09. The summed E-state index contributed by atoms with van der Waals surface area (Å²) in [5.41, 5.74) is 1.05. The quantitative estimate of drug-likeness (QED) is 0.451. The predicted molar refractivity (Wildman–Crippen MR) is 58.7 cm³/mol. The molecular formula is C11H13ClO3. The maximum atomic E-state index is 11.2. The highest BCUT2D eigenvalue weighted by atomic mass is 35.5. The topological polar surface area (TPSA) is 35.5 Å². The summed E-state index contributed by atoms with van der Waals surface area (Å²) in [5.74, 6) is 0.885. The molecule has 0 amide bonds. The smallest absolute Gasteiger partial charge is 0.312 e. The minimum absolute atomic E-state index is 0.193. The third-order valence-electron chi connectivity index (χ3n) is 1.84. The molecule has 0 radical (unpaired) electrons. The van der Waals surface area contributed by atoms with Gasteiger partial charge in [0.15, 0.2) is 11.5 Å². The minimum atomic E-state index is -0.354. The van der Waals surface area contributed by atoms with Crippen molar-refractivity contribution in [3.8, 4) is 11.5 Å². The van der Waals surface area contributed by atoms with Gasteiger partial charge in [0.1, 0.15) is 0 Å². The Hall–Kier alpha value is -1.22. The van der Waals surface area contributed by atoms with E-state index in [1.807, 2.05) is 19.1 Å². The largest absolute Gasteiger partial charge is 0.493 e. The number of aryl methyl sites for hydroxylation is 1. The molecule has 82 valence electrons. The van der Waals surface area contributed by atoms with Crippen LogP contribution in [-0.4, -0.2) is 19.0 Å². The highest BCUT2D eigenvalue weighted by Crippen LogP contribution is 2.27. The monoisotopic (exact) mass is 228 g/mol. The first kappa shape index (κ1) is 11.9. The SMILES string of the molecule is COc1cc(C)ccc1OC(=O)CCCl. The van der Waals surface area contributed by atoms with Crippen molar-refractivity contribution < 1.29 is 14.3 Å². The Morgan fingerprint density at radius 1 is 1.40 bits per heavy atom. The molecule has 0 aliphatic rings. The summed E-state index contributed by atoms with van der Waals surface area (Å²) in [7, 11) is 1.54. The highest BCUT2D eigenvalue weighted by Gasteiger charge is 2.09. The van der Waals surface area contributed by atoms with Crippen LogP contribution in [0, 0.1) is 6.92 Å². The van der Waals surface area contributed by atoms with Gasteiger partial charge in [-0.05, 0) is 24.6 Å². The maximum absolute atomic E-state index is 11.2. The van der Waals surface area contributed by atoms with Crippen LogP contribution < -0.4 is 9.47 Å². The fourth-order valence-electron chi connectivity index (χ4n) is 1.11. The Balaban J connectivity index is 2.80. The summed E-state index contributed by atoms with van der Waals surface area (Å²) in [6, 6.07) is 5.37. The molecular weight excluding hydrogens is 216 g/mol. The van der Waals surface area contributed by atoms with Crippen molar-refractivity contribution in [2.24, 2.45) is 0 Å². The van der Waals surface area contributed by atoms with Gasteiger partial charge in [-0.25, -0.2) is 0 Å². The average Bonchev–Trinajstić information content (AvgIpc) is 2.21. The first-order valence-electron chi connectivity index (χ1n) is 4.58. The summed E-state index contributed by atoms with van der Waals surface area (Å²) in [5, 5.41) is 0. The average molecular weight is 229 g/mol. The van der Waals surface area contributed by atoms with Gasteiger partial charge in [0, 0.05) is 5.88 Å². The zero-order chi connectivity index (χ0) is 11.3. The van der Waals surface area contributed by atoms with Crippen molar-refractivity contribution in [1.82, 2.24) is 0 Å². The summed E-state index contributed by atoms with van der Waals surface area (Å²) >= 11 is 5.43. The summed E-state index contributed by atoms with van der Waals surface area (Å²) in [6.45, 7) is 1.94. The molecule has 0 unspecified atom stereocenters.